The smallest absolute Gasteiger partial charge is 0.140 e. The van der Waals surface area contributed by atoms with Crippen molar-refractivity contribution in [2.75, 3.05) is 0 Å². The molecule has 16 heavy (non-hydrogen) atoms. The van der Waals surface area contributed by atoms with Crippen LogP contribution in [0.5, 0.6) is 0 Å². The van der Waals surface area contributed by atoms with E-state index in [4.69, 9.17) is 5.26 Å². The first-order chi connectivity index (χ1) is 7.78. The third kappa shape index (κ3) is 2.59. The zero-order chi connectivity index (χ0) is 11.4. The van der Waals surface area contributed by atoms with Crippen molar-refractivity contribution in [1.82, 2.24) is 4.98 Å². The lowest BCUT2D eigenvalue weighted by Gasteiger charge is -2.00. The van der Waals surface area contributed by atoms with Crippen LogP contribution < -0.4 is 0 Å². The lowest BCUT2D eigenvalue weighted by Crippen LogP contribution is -1.82. The topological polar surface area (TPSA) is 36.7 Å². The van der Waals surface area contributed by atoms with Gasteiger partial charge >= 0.3 is 0 Å². The van der Waals surface area contributed by atoms with E-state index in [0.717, 1.165) is 9.79 Å². The highest BCUT2D eigenvalue weighted by Crippen LogP contribution is 2.27. The minimum atomic E-state index is -0.258. The van der Waals surface area contributed by atoms with E-state index < -0.39 is 0 Å². The molecule has 0 aliphatic heterocycles. The van der Waals surface area contributed by atoms with Crippen LogP contribution in [0.15, 0.2) is 52.4 Å². The average molecular weight is 230 g/mol. The summed E-state index contributed by atoms with van der Waals surface area (Å²) in [7, 11) is 0. The van der Waals surface area contributed by atoms with Gasteiger partial charge in [-0.05, 0) is 30.3 Å². The van der Waals surface area contributed by atoms with Crippen LogP contribution in [0.2, 0.25) is 0 Å². The third-order valence-electron chi connectivity index (χ3n) is 1.88. The van der Waals surface area contributed by atoms with E-state index in [1.165, 1.54) is 23.9 Å². The number of nitrogens with zero attached hydrogens (tertiary/aromatic N) is 2. The lowest BCUT2D eigenvalue weighted by atomic mass is 10.3. The lowest BCUT2D eigenvalue weighted by molar-refractivity contribution is 0.624. The van der Waals surface area contributed by atoms with E-state index in [0.29, 0.717) is 5.69 Å². The Labute approximate surface area is 96.8 Å². The van der Waals surface area contributed by atoms with Crippen LogP contribution in [-0.4, -0.2) is 4.98 Å². The molecule has 0 fully saturated rings. The fraction of sp³-hybridized carbons (Fsp3) is 0. The van der Waals surface area contributed by atoms with Gasteiger partial charge in [0.15, 0.2) is 0 Å². The van der Waals surface area contributed by atoms with Crippen molar-refractivity contribution in [2.45, 2.75) is 9.79 Å². The number of aromatic nitrogens is 1. The van der Waals surface area contributed by atoms with E-state index in [2.05, 4.69) is 4.98 Å². The summed E-state index contributed by atoms with van der Waals surface area (Å²) in [5.74, 6) is -0.258. The Morgan fingerprint density at radius 2 is 2.06 bits per heavy atom. The maximum Gasteiger partial charge on any atom is 0.140 e. The molecule has 0 aliphatic carbocycles. The number of hydrogen-bond donors (Lipinski definition) is 0. The molecule has 2 aromatic rings. The third-order valence-corrected chi connectivity index (χ3v) is 2.85. The number of halogens is 1. The Kier molecular flexibility index (Phi) is 3.18. The highest BCUT2D eigenvalue weighted by atomic mass is 32.2. The molecule has 0 bridgehead atoms. The van der Waals surface area contributed by atoms with Crippen LogP contribution in [0.4, 0.5) is 4.39 Å². The predicted octanol–water partition coefficient (Wildman–Crippen LogP) is 3.24. The SMILES string of the molecule is N#Cc1ccc(Sc2cccc(F)c2)cn1. The first kappa shape index (κ1) is 10.7. The Bertz CT molecular complexity index is 531. The van der Waals surface area contributed by atoms with Gasteiger partial charge in [-0.1, -0.05) is 17.8 Å². The molecule has 0 amide bonds. The van der Waals surface area contributed by atoms with Crippen molar-refractivity contribution in [3.8, 4) is 6.07 Å². The van der Waals surface area contributed by atoms with Crippen LogP contribution in [0, 0.1) is 17.1 Å². The van der Waals surface area contributed by atoms with Crippen molar-refractivity contribution in [1.29, 1.82) is 5.26 Å². The van der Waals surface area contributed by atoms with Gasteiger partial charge in [-0.15, -0.1) is 0 Å². The zero-order valence-corrected chi connectivity index (χ0v) is 9.04. The molecule has 1 heterocycles. The highest BCUT2D eigenvalue weighted by molar-refractivity contribution is 7.99. The Morgan fingerprint density at radius 3 is 2.69 bits per heavy atom. The number of rotatable bonds is 2. The predicted molar refractivity (Wildman–Crippen MR) is 59.5 cm³/mol. The minimum Gasteiger partial charge on any atom is -0.244 e. The normalized spacial score (nSPS) is 9.75. The summed E-state index contributed by atoms with van der Waals surface area (Å²) in [5, 5.41) is 8.59. The van der Waals surface area contributed by atoms with Gasteiger partial charge in [0.25, 0.3) is 0 Å². The molecule has 0 unspecified atom stereocenters. The molecular weight excluding hydrogens is 223 g/mol. The molecule has 0 saturated carbocycles. The number of pyridine rings is 1. The van der Waals surface area contributed by atoms with E-state index >= 15 is 0 Å². The molecule has 2 rings (SSSR count). The summed E-state index contributed by atoms with van der Waals surface area (Å²) < 4.78 is 12.9. The molecular formula is C12H7FN2S. The molecule has 0 N–H and O–H groups in total. The number of nitriles is 1. The van der Waals surface area contributed by atoms with E-state index in [-0.39, 0.29) is 5.82 Å². The van der Waals surface area contributed by atoms with E-state index in [1.54, 1.807) is 24.4 Å². The second-order valence-corrected chi connectivity index (χ2v) is 4.20. The number of hydrogen-bond acceptors (Lipinski definition) is 3. The fourth-order valence-electron chi connectivity index (χ4n) is 1.17. The molecule has 0 aliphatic rings. The summed E-state index contributed by atoms with van der Waals surface area (Å²) in [6.45, 7) is 0. The summed E-state index contributed by atoms with van der Waals surface area (Å²) in [6, 6.07) is 11.7. The van der Waals surface area contributed by atoms with Crippen molar-refractivity contribution < 1.29 is 4.39 Å². The maximum absolute atomic E-state index is 12.9. The Morgan fingerprint density at radius 1 is 1.19 bits per heavy atom. The molecule has 1 aromatic carbocycles. The van der Waals surface area contributed by atoms with Crippen LogP contribution in [-0.2, 0) is 0 Å². The van der Waals surface area contributed by atoms with Gasteiger partial charge in [-0.2, -0.15) is 5.26 Å². The maximum atomic E-state index is 12.9. The molecule has 0 radical (unpaired) electrons. The van der Waals surface area contributed by atoms with E-state index in [9.17, 15) is 4.39 Å². The average Bonchev–Trinajstić information content (AvgIpc) is 2.30. The first-order valence-electron chi connectivity index (χ1n) is 4.57. The molecule has 0 atom stereocenters. The van der Waals surface area contributed by atoms with Gasteiger partial charge in [0.1, 0.15) is 17.6 Å². The van der Waals surface area contributed by atoms with Gasteiger partial charge in [0.05, 0.1) is 0 Å². The quantitative estimate of drug-likeness (QED) is 0.794. The molecule has 78 valence electrons. The Balaban J connectivity index is 2.18. The monoisotopic (exact) mass is 230 g/mol. The van der Waals surface area contributed by atoms with Gasteiger partial charge in [-0.3, -0.25) is 0 Å². The molecule has 0 spiro atoms. The first-order valence-corrected chi connectivity index (χ1v) is 5.39. The Hall–Kier alpha value is -1.86. The zero-order valence-electron chi connectivity index (χ0n) is 8.22. The number of benzene rings is 1. The molecule has 2 nitrogen and oxygen atoms in total. The summed E-state index contributed by atoms with van der Waals surface area (Å²) in [6.07, 6.45) is 1.61. The fourth-order valence-corrected chi connectivity index (χ4v) is 2.01. The molecule has 4 heteroatoms. The largest absolute Gasteiger partial charge is 0.244 e. The van der Waals surface area contributed by atoms with Crippen molar-refractivity contribution in [3.63, 3.8) is 0 Å². The van der Waals surface area contributed by atoms with Gasteiger partial charge in [0, 0.05) is 16.0 Å². The van der Waals surface area contributed by atoms with Gasteiger partial charge in [0.2, 0.25) is 0 Å². The highest BCUT2D eigenvalue weighted by Gasteiger charge is 1.99. The second kappa shape index (κ2) is 4.77. The van der Waals surface area contributed by atoms with Crippen LogP contribution in [0.25, 0.3) is 0 Å². The second-order valence-electron chi connectivity index (χ2n) is 3.05. The molecule has 0 saturated heterocycles. The summed E-state index contributed by atoms with van der Waals surface area (Å²) in [5.41, 5.74) is 0.378. The van der Waals surface area contributed by atoms with Crippen LogP contribution in [0.1, 0.15) is 5.69 Å². The van der Waals surface area contributed by atoms with E-state index in [1.807, 2.05) is 12.1 Å². The van der Waals surface area contributed by atoms with Crippen LogP contribution in [0.3, 0.4) is 0 Å². The van der Waals surface area contributed by atoms with Crippen molar-refractivity contribution in [3.05, 3.63) is 54.1 Å². The minimum absolute atomic E-state index is 0.258. The summed E-state index contributed by atoms with van der Waals surface area (Å²) >= 11 is 1.41. The van der Waals surface area contributed by atoms with Crippen LogP contribution >= 0.6 is 11.8 Å². The van der Waals surface area contributed by atoms with Crippen molar-refractivity contribution in [2.24, 2.45) is 0 Å². The van der Waals surface area contributed by atoms with Gasteiger partial charge < -0.3 is 0 Å². The van der Waals surface area contributed by atoms with Gasteiger partial charge in [-0.25, -0.2) is 9.37 Å². The molecule has 1 aromatic heterocycles. The summed E-state index contributed by atoms with van der Waals surface area (Å²) in [4.78, 5) is 5.63. The standard InChI is InChI=1S/C12H7FN2S/c13-9-2-1-3-11(6-9)16-12-5-4-10(7-14)15-8-12/h1-6,8H. The van der Waals surface area contributed by atoms with Crippen molar-refractivity contribution >= 4 is 11.8 Å².